The third-order valence-electron chi connectivity index (χ3n) is 4.90. The lowest BCUT2D eigenvalue weighted by Crippen LogP contribution is -2.27. The van der Waals surface area contributed by atoms with Gasteiger partial charge >= 0.3 is 6.09 Å². The predicted octanol–water partition coefficient (Wildman–Crippen LogP) is 5.18. The van der Waals surface area contributed by atoms with Crippen LogP contribution in [-0.2, 0) is 16.1 Å². The van der Waals surface area contributed by atoms with Crippen molar-refractivity contribution in [1.82, 2.24) is 4.98 Å². The van der Waals surface area contributed by atoms with E-state index in [9.17, 15) is 4.79 Å². The first-order valence-corrected chi connectivity index (χ1v) is 10.1. The van der Waals surface area contributed by atoms with Gasteiger partial charge in [-0.2, -0.15) is 0 Å². The number of rotatable bonds is 2. The largest absolute Gasteiger partial charge is 0.487 e. The average Bonchev–Trinajstić information content (AvgIpc) is 2.86. The molecular weight excluding hydrogens is 382 g/mol. The maximum Gasteiger partial charge on any atom is 0.412 e. The number of amides is 1. The molecule has 3 heterocycles. The van der Waals surface area contributed by atoms with Crippen molar-refractivity contribution in [2.24, 2.45) is 0 Å². The van der Waals surface area contributed by atoms with E-state index in [0.717, 1.165) is 35.7 Å². The molecule has 0 saturated carbocycles. The van der Waals surface area contributed by atoms with Crippen molar-refractivity contribution in [3.63, 3.8) is 0 Å². The quantitative estimate of drug-likeness (QED) is 0.712. The van der Waals surface area contributed by atoms with Crippen molar-refractivity contribution < 1.29 is 19.0 Å². The standard InChI is InChI=1S/C23H27N3O4/c1-14-12-24-21-17(20(14)15-7-9-28-10-8-15)13-29-19-6-5-16(11-18(19)26-21)25-22(27)30-23(2,3)4/h5-7,11-12H,8-10,13H2,1-4H3,(H,24,26)(H,25,27). The van der Waals surface area contributed by atoms with Gasteiger partial charge in [0.15, 0.2) is 0 Å². The van der Waals surface area contributed by atoms with Crippen LogP contribution in [0.25, 0.3) is 5.57 Å². The lowest BCUT2D eigenvalue weighted by molar-refractivity contribution is 0.0636. The Labute approximate surface area is 176 Å². The molecule has 1 amide bonds. The molecule has 0 radical (unpaired) electrons. The maximum absolute atomic E-state index is 12.1. The molecule has 0 atom stereocenters. The number of anilines is 3. The molecule has 0 saturated heterocycles. The van der Waals surface area contributed by atoms with E-state index in [0.29, 0.717) is 24.7 Å². The molecule has 2 N–H and O–H groups in total. The summed E-state index contributed by atoms with van der Waals surface area (Å²) in [5.41, 5.74) is 5.38. The van der Waals surface area contributed by atoms with Gasteiger partial charge in [0.1, 0.15) is 23.8 Å². The molecule has 7 heteroatoms. The van der Waals surface area contributed by atoms with Gasteiger partial charge in [-0.05, 0) is 69.0 Å². The Balaban J connectivity index is 1.63. The molecule has 0 unspecified atom stereocenters. The number of nitrogens with one attached hydrogen (secondary N) is 2. The van der Waals surface area contributed by atoms with Crippen LogP contribution in [0.4, 0.5) is 22.0 Å². The van der Waals surface area contributed by atoms with Crippen LogP contribution in [0.2, 0.25) is 0 Å². The van der Waals surface area contributed by atoms with Gasteiger partial charge in [-0.3, -0.25) is 5.32 Å². The van der Waals surface area contributed by atoms with Gasteiger partial charge in [-0.15, -0.1) is 0 Å². The molecular formula is C23H27N3O4. The Kier molecular flexibility index (Phi) is 5.39. The van der Waals surface area contributed by atoms with E-state index in [4.69, 9.17) is 14.2 Å². The molecule has 2 aliphatic rings. The normalized spacial score (nSPS) is 15.5. The fourth-order valence-electron chi connectivity index (χ4n) is 3.64. The van der Waals surface area contributed by atoms with Gasteiger partial charge < -0.3 is 19.5 Å². The van der Waals surface area contributed by atoms with Crippen molar-refractivity contribution in [3.8, 4) is 5.75 Å². The molecule has 0 aliphatic carbocycles. The Morgan fingerprint density at radius 2 is 2.13 bits per heavy atom. The Hall–Kier alpha value is -3.06. The van der Waals surface area contributed by atoms with Crippen molar-refractivity contribution in [1.29, 1.82) is 0 Å². The monoisotopic (exact) mass is 409 g/mol. The summed E-state index contributed by atoms with van der Waals surface area (Å²) < 4.78 is 16.9. The zero-order chi connectivity index (χ0) is 21.3. The summed E-state index contributed by atoms with van der Waals surface area (Å²) in [5.74, 6) is 1.46. The second kappa shape index (κ2) is 7.99. The topological polar surface area (TPSA) is 81.7 Å². The molecule has 7 nitrogen and oxygen atoms in total. The molecule has 0 fully saturated rings. The van der Waals surface area contributed by atoms with Crippen molar-refractivity contribution >= 4 is 28.9 Å². The fraction of sp³-hybridized carbons (Fsp3) is 0.391. The van der Waals surface area contributed by atoms with Crippen LogP contribution in [0.3, 0.4) is 0 Å². The molecule has 2 aliphatic heterocycles. The fourth-order valence-corrected chi connectivity index (χ4v) is 3.64. The minimum Gasteiger partial charge on any atom is -0.487 e. The summed E-state index contributed by atoms with van der Waals surface area (Å²) in [7, 11) is 0. The summed E-state index contributed by atoms with van der Waals surface area (Å²) in [6.45, 7) is 9.31. The Bertz CT molecular complexity index is 1010. The maximum atomic E-state index is 12.1. The highest BCUT2D eigenvalue weighted by Gasteiger charge is 2.23. The molecule has 4 rings (SSSR count). The van der Waals surface area contributed by atoms with Crippen LogP contribution in [0.5, 0.6) is 5.75 Å². The molecule has 1 aromatic carbocycles. The average molecular weight is 409 g/mol. The lowest BCUT2D eigenvalue weighted by Gasteiger charge is -2.20. The summed E-state index contributed by atoms with van der Waals surface area (Å²) in [5, 5.41) is 6.15. The number of ether oxygens (including phenoxy) is 3. The SMILES string of the molecule is Cc1cnc2c(c1C1=CCOCC1)COc1ccc(NC(=O)OC(C)(C)C)cc1N2. The van der Waals surface area contributed by atoms with Gasteiger partial charge in [0.05, 0.1) is 18.9 Å². The van der Waals surface area contributed by atoms with Crippen molar-refractivity contribution in [2.75, 3.05) is 23.8 Å². The number of fused-ring (bicyclic) bond motifs is 2. The molecule has 158 valence electrons. The first-order chi connectivity index (χ1) is 14.3. The van der Waals surface area contributed by atoms with E-state index in [1.165, 1.54) is 11.1 Å². The minimum absolute atomic E-state index is 0.413. The number of benzene rings is 1. The first kappa shape index (κ1) is 20.2. The zero-order valence-electron chi connectivity index (χ0n) is 17.8. The number of hydrogen-bond acceptors (Lipinski definition) is 6. The van der Waals surface area contributed by atoms with Gasteiger partial charge in [0, 0.05) is 17.4 Å². The lowest BCUT2D eigenvalue weighted by atomic mass is 9.93. The van der Waals surface area contributed by atoms with Gasteiger partial charge in [-0.1, -0.05) is 6.08 Å². The van der Waals surface area contributed by atoms with Crippen molar-refractivity contribution in [3.05, 3.63) is 47.2 Å². The number of aryl methyl sites for hydroxylation is 1. The van der Waals surface area contributed by atoms with E-state index in [1.807, 2.05) is 39.1 Å². The second-order valence-electron chi connectivity index (χ2n) is 8.45. The van der Waals surface area contributed by atoms with E-state index in [-0.39, 0.29) is 0 Å². The number of carbonyl (C=O) groups excluding carboxylic acids is 1. The van der Waals surface area contributed by atoms with Crippen molar-refractivity contribution in [2.45, 2.75) is 46.3 Å². The number of aromatic nitrogens is 1. The Morgan fingerprint density at radius 3 is 2.87 bits per heavy atom. The van der Waals surface area contributed by atoms with Crippen LogP contribution in [-0.4, -0.2) is 29.9 Å². The summed E-state index contributed by atoms with van der Waals surface area (Å²) >= 11 is 0. The van der Waals surface area contributed by atoms with Gasteiger partial charge in [0.2, 0.25) is 0 Å². The molecule has 0 spiro atoms. The molecule has 30 heavy (non-hydrogen) atoms. The number of nitrogens with zero attached hydrogens (tertiary/aromatic N) is 1. The highest BCUT2D eigenvalue weighted by atomic mass is 16.6. The smallest absolute Gasteiger partial charge is 0.412 e. The highest BCUT2D eigenvalue weighted by molar-refractivity contribution is 5.87. The van der Waals surface area contributed by atoms with E-state index in [1.54, 1.807) is 6.07 Å². The zero-order valence-corrected chi connectivity index (χ0v) is 17.8. The number of hydrogen-bond donors (Lipinski definition) is 2. The number of pyridine rings is 1. The molecule has 0 bridgehead atoms. The summed E-state index contributed by atoms with van der Waals surface area (Å²) in [6, 6.07) is 5.45. The minimum atomic E-state index is -0.562. The van der Waals surface area contributed by atoms with E-state index >= 15 is 0 Å². The predicted molar refractivity (Wildman–Crippen MR) is 116 cm³/mol. The van der Waals surface area contributed by atoms with Gasteiger partial charge in [-0.25, -0.2) is 9.78 Å². The molecule has 2 aromatic rings. The third kappa shape index (κ3) is 4.41. The van der Waals surface area contributed by atoms with E-state index < -0.39 is 11.7 Å². The van der Waals surface area contributed by atoms with Crippen LogP contribution in [0.1, 0.15) is 43.9 Å². The van der Waals surface area contributed by atoms with Crippen LogP contribution < -0.4 is 15.4 Å². The van der Waals surface area contributed by atoms with Crippen LogP contribution in [0.15, 0.2) is 30.5 Å². The third-order valence-corrected chi connectivity index (χ3v) is 4.90. The Morgan fingerprint density at radius 1 is 1.30 bits per heavy atom. The van der Waals surface area contributed by atoms with Gasteiger partial charge in [0.25, 0.3) is 0 Å². The first-order valence-electron chi connectivity index (χ1n) is 10.1. The van der Waals surface area contributed by atoms with Crippen LogP contribution >= 0.6 is 0 Å². The highest BCUT2D eigenvalue weighted by Crippen LogP contribution is 2.39. The summed E-state index contributed by atoms with van der Waals surface area (Å²) in [6.07, 6.45) is 4.38. The summed E-state index contributed by atoms with van der Waals surface area (Å²) in [4.78, 5) is 16.7. The second-order valence-corrected chi connectivity index (χ2v) is 8.45. The number of carbonyl (C=O) groups is 1. The molecule has 1 aromatic heterocycles. The van der Waals surface area contributed by atoms with E-state index in [2.05, 4.69) is 28.6 Å². The van der Waals surface area contributed by atoms with Crippen LogP contribution in [0, 0.1) is 6.92 Å².